The Labute approximate surface area is 102 Å². The zero-order valence-corrected chi connectivity index (χ0v) is 10.5. The minimum atomic E-state index is 0.620. The molecule has 1 aliphatic rings. The van der Waals surface area contributed by atoms with Gasteiger partial charge in [0.1, 0.15) is 5.82 Å². The number of aromatic nitrogens is 2. The Hall–Kier alpha value is -1.20. The minimum Gasteiger partial charge on any atom is -0.384 e. The summed E-state index contributed by atoms with van der Waals surface area (Å²) >= 11 is 0. The van der Waals surface area contributed by atoms with Crippen LogP contribution in [0.1, 0.15) is 12.1 Å². The second-order valence-corrected chi connectivity index (χ2v) is 4.45. The Balaban J connectivity index is 2.00. The van der Waals surface area contributed by atoms with Crippen LogP contribution in [0.25, 0.3) is 0 Å². The summed E-state index contributed by atoms with van der Waals surface area (Å²) in [4.78, 5) is 11.1. The minimum absolute atomic E-state index is 0.620. The standard InChI is InChI=1S/C12H20N4O/c1-13-5-11-6-14-7-12(15-11)16-4-3-10(8-16)9-17-2/h6-7,10,13H,3-5,8-9H2,1-2H3. The summed E-state index contributed by atoms with van der Waals surface area (Å²) in [6.07, 6.45) is 4.82. The molecule has 0 aromatic carbocycles. The van der Waals surface area contributed by atoms with Crippen molar-refractivity contribution in [2.75, 3.05) is 38.8 Å². The Kier molecular flexibility index (Phi) is 4.28. The fourth-order valence-electron chi connectivity index (χ4n) is 2.23. The van der Waals surface area contributed by atoms with Gasteiger partial charge >= 0.3 is 0 Å². The SMILES string of the molecule is CNCc1cncc(N2CCC(COC)C2)n1. The molecule has 0 radical (unpaired) electrons. The molecule has 1 unspecified atom stereocenters. The van der Waals surface area contributed by atoms with E-state index >= 15 is 0 Å². The third-order valence-corrected chi connectivity index (χ3v) is 3.04. The third-order valence-electron chi connectivity index (χ3n) is 3.04. The summed E-state index contributed by atoms with van der Waals surface area (Å²) < 4.78 is 5.20. The predicted octanol–water partition coefficient (Wildman–Crippen LogP) is 0.669. The first-order chi connectivity index (χ1) is 8.33. The molecular formula is C12H20N4O. The average molecular weight is 236 g/mol. The average Bonchev–Trinajstić information content (AvgIpc) is 2.79. The maximum Gasteiger partial charge on any atom is 0.147 e. The molecule has 1 atom stereocenters. The van der Waals surface area contributed by atoms with Crippen molar-refractivity contribution in [2.45, 2.75) is 13.0 Å². The van der Waals surface area contributed by atoms with Crippen molar-refractivity contribution in [1.82, 2.24) is 15.3 Å². The molecule has 17 heavy (non-hydrogen) atoms. The first-order valence-corrected chi connectivity index (χ1v) is 6.03. The summed E-state index contributed by atoms with van der Waals surface area (Å²) in [5.74, 6) is 1.60. The fourth-order valence-corrected chi connectivity index (χ4v) is 2.23. The summed E-state index contributed by atoms with van der Waals surface area (Å²) in [5, 5.41) is 3.09. The van der Waals surface area contributed by atoms with E-state index in [0.29, 0.717) is 5.92 Å². The number of nitrogens with zero attached hydrogens (tertiary/aromatic N) is 3. The first-order valence-electron chi connectivity index (χ1n) is 6.03. The topological polar surface area (TPSA) is 50.3 Å². The number of anilines is 1. The zero-order valence-electron chi connectivity index (χ0n) is 10.5. The highest BCUT2D eigenvalue weighted by Crippen LogP contribution is 2.21. The zero-order chi connectivity index (χ0) is 12.1. The molecule has 2 heterocycles. The van der Waals surface area contributed by atoms with Crippen LogP contribution in [0.2, 0.25) is 0 Å². The van der Waals surface area contributed by atoms with Crippen molar-refractivity contribution in [3.05, 3.63) is 18.1 Å². The number of hydrogen-bond acceptors (Lipinski definition) is 5. The molecule has 5 nitrogen and oxygen atoms in total. The van der Waals surface area contributed by atoms with Crippen LogP contribution >= 0.6 is 0 Å². The Morgan fingerprint density at radius 2 is 2.41 bits per heavy atom. The number of hydrogen-bond donors (Lipinski definition) is 1. The van der Waals surface area contributed by atoms with Gasteiger partial charge in [0.2, 0.25) is 0 Å². The smallest absolute Gasteiger partial charge is 0.147 e. The van der Waals surface area contributed by atoms with Crippen LogP contribution in [0.5, 0.6) is 0 Å². The van der Waals surface area contributed by atoms with Gasteiger partial charge in [-0.2, -0.15) is 0 Å². The van der Waals surface area contributed by atoms with E-state index in [1.54, 1.807) is 7.11 Å². The molecule has 0 aliphatic carbocycles. The number of methoxy groups -OCH3 is 1. The quantitative estimate of drug-likeness (QED) is 0.814. The van der Waals surface area contributed by atoms with Crippen LogP contribution in [0.3, 0.4) is 0 Å². The molecule has 5 heteroatoms. The molecule has 0 amide bonds. The molecular weight excluding hydrogens is 216 g/mol. The molecule has 0 spiro atoms. The van der Waals surface area contributed by atoms with Gasteiger partial charge in [0, 0.05) is 38.9 Å². The highest BCUT2D eigenvalue weighted by Gasteiger charge is 2.23. The maximum absolute atomic E-state index is 5.20. The van der Waals surface area contributed by atoms with E-state index in [-0.39, 0.29) is 0 Å². The van der Waals surface area contributed by atoms with E-state index in [1.165, 1.54) is 6.42 Å². The van der Waals surface area contributed by atoms with E-state index < -0.39 is 0 Å². The van der Waals surface area contributed by atoms with E-state index in [4.69, 9.17) is 4.74 Å². The Morgan fingerprint density at radius 1 is 1.53 bits per heavy atom. The van der Waals surface area contributed by atoms with Crippen molar-refractivity contribution >= 4 is 5.82 Å². The summed E-state index contributed by atoms with van der Waals surface area (Å²) in [6.45, 7) is 3.66. The van der Waals surface area contributed by atoms with Crippen molar-refractivity contribution in [3.8, 4) is 0 Å². The molecule has 0 saturated carbocycles. The molecule has 1 fully saturated rings. The van der Waals surface area contributed by atoms with Gasteiger partial charge < -0.3 is 15.0 Å². The maximum atomic E-state index is 5.20. The van der Waals surface area contributed by atoms with Crippen molar-refractivity contribution in [2.24, 2.45) is 5.92 Å². The molecule has 94 valence electrons. The normalized spacial score (nSPS) is 19.9. The van der Waals surface area contributed by atoms with Crippen molar-refractivity contribution < 1.29 is 4.74 Å². The molecule has 1 saturated heterocycles. The van der Waals surface area contributed by atoms with E-state index in [2.05, 4.69) is 20.2 Å². The van der Waals surface area contributed by atoms with Crippen LogP contribution in [0, 0.1) is 5.92 Å². The van der Waals surface area contributed by atoms with Gasteiger partial charge in [-0.15, -0.1) is 0 Å². The van der Waals surface area contributed by atoms with Gasteiger partial charge in [-0.1, -0.05) is 0 Å². The third kappa shape index (κ3) is 3.14. The lowest BCUT2D eigenvalue weighted by Gasteiger charge is -2.17. The lowest BCUT2D eigenvalue weighted by Crippen LogP contribution is -2.23. The molecule has 1 N–H and O–H groups in total. The number of nitrogens with one attached hydrogen (secondary N) is 1. The monoisotopic (exact) mass is 236 g/mol. The van der Waals surface area contributed by atoms with Crippen LogP contribution in [-0.2, 0) is 11.3 Å². The predicted molar refractivity (Wildman–Crippen MR) is 67.0 cm³/mol. The Bertz CT molecular complexity index is 358. The summed E-state index contributed by atoms with van der Waals surface area (Å²) in [5.41, 5.74) is 0.986. The van der Waals surface area contributed by atoms with E-state index in [9.17, 15) is 0 Å². The van der Waals surface area contributed by atoms with E-state index in [1.807, 2.05) is 19.4 Å². The van der Waals surface area contributed by atoms with Gasteiger partial charge in [0.25, 0.3) is 0 Å². The van der Waals surface area contributed by atoms with Gasteiger partial charge in [0.05, 0.1) is 18.5 Å². The van der Waals surface area contributed by atoms with Crippen LogP contribution in [0.15, 0.2) is 12.4 Å². The van der Waals surface area contributed by atoms with Crippen molar-refractivity contribution in [1.29, 1.82) is 0 Å². The van der Waals surface area contributed by atoms with E-state index in [0.717, 1.165) is 37.8 Å². The first kappa shape index (κ1) is 12.3. The molecule has 0 bridgehead atoms. The largest absolute Gasteiger partial charge is 0.384 e. The molecule has 1 aromatic heterocycles. The Morgan fingerprint density at radius 3 is 3.18 bits per heavy atom. The van der Waals surface area contributed by atoms with Gasteiger partial charge in [-0.3, -0.25) is 4.98 Å². The van der Waals surface area contributed by atoms with Gasteiger partial charge in [-0.25, -0.2) is 4.98 Å². The lowest BCUT2D eigenvalue weighted by atomic mass is 10.1. The highest BCUT2D eigenvalue weighted by atomic mass is 16.5. The second-order valence-electron chi connectivity index (χ2n) is 4.45. The van der Waals surface area contributed by atoms with Crippen LogP contribution in [0.4, 0.5) is 5.82 Å². The second kappa shape index (κ2) is 5.93. The fraction of sp³-hybridized carbons (Fsp3) is 0.667. The molecule has 1 aromatic rings. The van der Waals surface area contributed by atoms with Gasteiger partial charge in [0.15, 0.2) is 0 Å². The summed E-state index contributed by atoms with van der Waals surface area (Å²) in [6, 6.07) is 0. The number of rotatable bonds is 5. The van der Waals surface area contributed by atoms with Crippen LogP contribution in [-0.4, -0.2) is 43.8 Å². The van der Waals surface area contributed by atoms with Gasteiger partial charge in [-0.05, 0) is 13.5 Å². The van der Waals surface area contributed by atoms with Crippen molar-refractivity contribution in [3.63, 3.8) is 0 Å². The van der Waals surface area contributed by atoms with Crippen LogP contribution < -0.4 is 10.2 Å². The lowest BCUT2D eigenvalue weighted by molar-refractivity contribution is 0.161. The molecule has 2 rings (SSSR count). The number of ether oxygens (including phenoxy) is 1. The molecule has 1 aliphatic heterocycles. The highest BCUT2D eigenvalue weighted by molar-refractivity contribution is 5.37. The summed E-state index contributed by atoms with van der Waals surface area (Å²) in [7, 11) is 3.68.